The smallest absolute Gasteiger partial charge is 0.270 e. The van der Waals surface area contributed by atoms with Gasteiger partial charge in [0, 0.05) is 5.56 Å². The highest BCUT2D eigenvalue weighted by atomic mass is 16.2. The number of carbonyl (C=O) groups is 3. The summed E-state index contributed by atoms with van der Waals surface area (Å²) < 4.78 is 0. The number of aromatic nitrogens is 2. The van der Waals surface area contributed by atoms with Crippen LogP contribution in [0, 0.1) is 6.92 Å². The molecule has 2 rings (SSSR count). The third kappa shape index (κ3) is 3.29. The number of nitrogens with zero attached hydrogens (tertiary/aromatic N) is 1. The van der Waals surface area contributed by atoms with Crippen LogP contribution in [0.3, 0.4) is 0 Å². The lowest BCUT2D eigenvalue weighted by atomic mass is 10.1. The number of hydrogen-bond donors (Lipinski definition) is 4. The van der Waals surface area contributed by atoms with Crippen molar-refractivity contribution in [2.75, 3.05) is 0 Å². The molecule has 0 radical (unpaired) electrons. The van der Waals surface area contributed by atoms with Crippen LogP contribution in [0.2, 0.25) is 0 Å². The first-order chi connectivity index (χ1) is 10.4. The van der Waals surface area contributed by atoms with Crippen LogP contribution in [0.5, 0.6) is 0 Å². The molecule has 6 N–H and O–H groups in total. The Bertz CT molecular complexity index is 706. The van der Waals surface area contributed by atoms with Crippen molar-refractivity contribution >= 4 is 17.7 Å². The second-order valence-electron chi connectivity index (χ2n) is 4.74. The number of aryl methyl sites for hydroxylation is 1. The first-order valence-electron chi connectivity index (χ1n) is 6.40. The van der Waals surface area contributed by atoms with Gasteiger partial charge in [-0.15, -0.1) is 0 Å². The number of nitrogens with two attached hydrogens (primary N) is 2. The third-order valence-corrected chi connectivity index (χ3v) is 3.01. The number of carbonyl (C=O) groups excluding carboxylic acids is 3. The third-order valence-electron chi connectivity index (χ3n) is 3.01. The maximum absolute atomic E-state index is 12.0. The van der Waals surface area contributed by atoms with Crippen LogP contribution in [0.1, 0.15) is 16.1 Å². The van der Waals surface area contributed by atoms with E-state index in [9.17, 15) is 14.4 Å². The highest BCUT2D eigenvalue weighted by Gasteiger charge is 2.25. The summed E-state index contributed by atoms with van der Waals surface area (Å²) in [5.74, 6) is -2.76. The number of hydrogen-bond acceptors (Lipinski definition) is 4. The molecule has 1 heterocycles. The van der Waals surface area contributed by atoms with Crippen LogP contribution < -0.4 is 16.8 Å². The first-order valence-corrected chi connectivity index (χ1v) is 6.40. The molecule has 22 heavy (non-hydrogen) atoms. The largest absolute Gasteiger partial charge is 0.367 e. The highest BCUT2D eigenvalue weighted by molar-refractivity contribution is 6.07. The van der Waals surface area contributed by atoms with Crippen molar-refractivity contribution in [3.63, 3.8) is 0 Å². The number of H-pyrrole nitrogens is 1. The van der Waals surface area contributed by atoms with Gasteiger partial charge in [0.25, 0.3) is 5.91 Å². The summed E-state index contributed by atoms with van der Waals surface area (Å²) in [7, 11) is 0. The normalized spacial score (nSPS) is 10.5. The summed E-state index contributed by atoms with van der Waals surface area (Å²) in [5.41, 5.74) is 12.6. The molecule has 0 aliphatic carbocycles. The fourth-order valence-corrected chi connectivity index (χ4v) is 1.80. The topological polar surface area (TPSA) is 144 Å². The zero-order chi connectivity index (χ0) is 16.3. The van der Waals surface area contributed by atoms with Crippen LogP contribution in [-0.4, -0.2) is 34.0 Å². The fraction of sp³-hybridized carbons (Fsp3) is 0.143. The number of benzene rings is 1. The van der Waals surface area contributed by atoms with Crippen molar-refractivity contribution in [2.24, 2.45) is 11.5 Å². The molecule has 0 aliphatic heterocycles. The molecule has 114 valence electrons. The number of aromatic amines is 1. The number of amides is 3. The van der Waals surface area contributed by atoms with Gasteiger partial charge in [0.1, 0.15) is 5.69 Å². The Labute approximate surface area is 125 Å². The lowest BCUT2D eigenvalue weighted by Gasteiger charge is -2.10. The molecule has 8 nitrogen and oxygen atoms in total. The Morgan fingerprint density at radius 3 is 2.27 bits per heavy atom. The van der Waals surface area contributed by atoms with E-state index in [1.807, 2.05) is 31.2 Å². The molecular formula is C14H15N5O3. The van der Waals surface area contributed by atoms with Crippen LogP contribution in [0.4, 0.5) is 0 Å². The molecule has 0 saturated carbocycles. The van der Waals surface area contributed by atoms with E-state index in [0.29, 0.717) is 5.69 Å². The Hall–Kier alpha value is -3.16. The van der Waals surface area contributed by atoms with Gasteiger partial charge in [-0.05, 0) is 13.0 Å². The Morgan fingerprint density at radius 2 is 1.73 bits per heavy atom. The Morgan fingerprint density at radius 1 is 1.14 bits per heavy atom. The monoisotopic (exact) mass is 301 g/mol. The van der Waals surface area contributed by atoms with Crippen molar-refractivity contribution in [1.82, 2.24) is 15.5 Å². The molecule has 8 heteroatoms. The van der Waals surface area contributed by atoms with Gasteiger partial charge in [-0.3, -0.25) is 19.5 Å². The predicted octanol–water partition coefficient (Wildman–Crippen LogP) is -0.546. The van der Waals surface area contributed by atoms with Gasteiger partial charge >= 0.3 is 0 Å². The maximum atomic E-state index is 12.0. The molecule has 0 spiro atoms. The minimum absolute atomic E-state index is 0.0862. The van der Waals surface area contributed by atoms with Gasteiger partial charge in [-0.25, -0.2) is 0 Å². The van der Waals surface area contributed by atoms with E-state index in [2.05, 4.69) is 15.5 Å². The van der Waals surface area contributed by atoms with Crippen molar-refractivity contribution < 1.29 is 14.4 Å². The molecule has 0 unspecified atom stereocenters. The van der Waals surface area contributed by atoms with E-state index in [0.717, 1.165) is 11.1 Å². The summed E-state index contributed by atoms with van der Waals surface area (Å²) in [5, 5.41) is 8.70. The summed E-state index contributed by atoms with van der Waals surface area (Å²) in [6, 6.07) is 7.49. The summed E-state index contributed by atoms with van der Waals surface area (Å²) >= 11 is 0. The maximum Gasteiger partial charge on any atom is 0.270 e. The molecule has 0 bridgehead atoms. The quantitative estimate of drug-likeness (QED) is 0.549. The molecule has 1 aromatic heterocycles. The average Bonchev–Trinajstić information content (AvgIpc) is 2.94. The van der Waals surface area contributed by atoms with Crippen molar-refractivity contribution in [3.8, 4) is 11.3 Å². The van der Waals surface area contributed by atoms with Gasteiger partial charge in [-0.1, -0.05) is 29.8 Å². The SMILES string of the molecule is Cc1ccc(-c2cc(C(=O)NC(C(N)=O)C(N)=O)[nH]n2)cc1. The van der Waals surface area contributed by atoms with Crippen molar-refractivity contribution in [3.05, 3.63) is 41.6 Å². The minimum Gasteiger partial charge on any atom is -0.367 e. The summed E-state index contributed by atoms with van der Waals surface area (Å²) in [6.07, 6.45) is 0. The number of nitrogens with one attached hydrogen (secondary N) is 2. The second kappa shape index (κ2) is 6.08. The standard InChI is InChI=1S/C14H15N5O3/c1-7-2-4-8(5-3-7)9-6-10(19-18-9)14(22)17-11(12(15)20)13(16)21/h2-6,11H,1H3,(H2,15,20)(H2,16,21)(H,17,22)(H,18,19). The number of rotatable bonds is 5. The molecule has 3 amide bonds. The lowest BCUT2D eigenvalue weighted by Crippen LogP contribution is -2.52. The van der Waals surface area contributed by atoms with E-state index in [1.54, 1.807) is 0 Å². The molecule has 0 saturated heterocycles. The molecular weight excluding hydrogens is 286 g/mol. The second-order valence-corrected chi connectivity index (χ2v) is 4.74. The first kappa shape index (κ1) is 15.2. The Balaban J connectivity index is 2.17. The average molecular weight is 301 g/mol. The van der Waals surface area contributed by atoms with Gasteiger partial charge in [-0.2, -0.15) is 5.10 Å². The van der Waals surface area contributed by atoms with Crippen LogP contribution in [-0.2, 0) is 9.59 Å². The lowest BCUT2D eigenvalue weighted by molar-refractivity contribution is -0.128. The zero-order valence-corrected chi connectivity index (χ0v) is 11.8. The van der Waals surface area contributed by atoms with E-state index in [-0.39, 0.29) is 5.69 Å². The fourth-order valence-electron chi connectivity index (χ4n) is 1.80. The van der Waals surface area contributed by atoms with Crippen molar-refractivity contribution in [2.45, 2.75) is 13.0 Å². The molecule has 0 fully saturated rings. The minimum atomic E-state index is -1.57. The van der Waals surface area contributed by atoms with Gasteiger partial charge in [0.2, 0.25) is 11.8 Å². The summed E-state index contributed by atoms with van der Waals surface area (Å²) in [4.78, 5) is 34.1. The number of primary amides is 2. The molecule has 0 aliphatic rings. The molecule has 2 aromatic rings. The van der Waals surface area contributed by atoms with E-state index < -0.39 is 23.8 Å². The highest BCUT2D eigenvalue weighted by Crippen LogP contribution is 2.18. The molecule has 1 aromatic carbocycles. The van der Waals surface area contributed by atoms with Crippen LogP contribution in [0.15, 0.2) is 30.3 Å². The zero-order valence-electron chi connectivity index (χ0n) is 11.8. The van der Waals surface area contributed by atoms with E-state index in [4.69, 9.17) is 11.5 Å². The summed E-state index contributed by atoms with van der Waals surface area (Å²) in [6.45, 7) is 1.96. The van der Waals surface area contributed by atoms with Crippen molar-refractivity contribution in [1.29, 1.82) is 0 Å². The van der Waals surface area contributed by atoms with Gasteiger partial charge in [0.05, 0.1) is 5.69 Å². The van der Waals surface area contributed by atoms with Gasteiger partial charge in [0.15, 0.2) is 6.04 Å². The van der Waals surface area contributed by atoms with Crippen LogP contribution >= 0.6 is 0 Å². The molecule has 0 atom stereocenters. The van der Waals surface area contributed by atoms with Gasteiger partial charge < -0.3 is 16.8 Å². The van der Waals surface area contributed by atoms with Crippen LogP contribution in [0.25, 0.3) is 11.3 Å². The van der Waals surface area contributed by atoms with E-state index in [1.165, 1.54) is 6.07 Å². The van der Waals surface area contributed by atoms with E-state index >= 15 is 0 Å². The predicted molar refractivity (Wildman–Crippen MR) is 78.4 cm³/mol. The Kier molecular flexibility index (Phi) is 4.21.